The number of amides is 2. The quantitative estimate of drug-likeness (QED) is 0.115. The number of aliphatic hydroxyl groups is 1. The van der Waals surface area contributed by atoms with Crippen molar-refractivity contribution in [2.75, 3.05) is 6.61 Å². The summed E-state index contributed by atoms with van der Waals surface area (Å²) in [5, 5.41) is 13.3. The molecule has 1 aliphatic rings. The molecule has 1 heterocycles. The monoisotopic (exact) mass is 702 g/mol. The molecule has 5 aromatic carbocycles. The molecule has 1 aliphatic heterocycles. The molecule has 0 saturated carbocycles. The maximum Gasteiger partial charge on any atom is 0.356 e. The van der Waals surface area contributed by atoms with Crippen LogP contribution >= 0.6 is 18.6 Å². The molecule has 2 amide bonds. The summed E-state index contributed by atoms with van der Waals surface area (Å²) in [4.78, 5) is 56.9. The van der Waals surface area contributed by atoms with Crippen LogP contribution in [0, 0.1) is 0 Å². The van der Waals surface area contributed by atoms with E-state index in [-0.39, 0.29) is 18.4 Å². The molecule has 6 rings (SSSR count). The smallest absolute Gasteiger partial charge is 0.356 e. The van der Waals surface area contributed by atoms with Gasteiger partial charge in [-0.05, 0) is 27.0 Å². The normalized spacial score (nSPS) is 15.5. The zero-order valence-electron chi connectivity index (χ0n) is 27.0. The van der Waals surface area contributed by atoms with E-state index in [0.29, 0.717) is 11.8 Å². The number of hydrogen-bond donors (Lipinski definition) is 2. The van der Waals surface area contributed by atoms with Crippen LogP contribution in [0.25, 0.3) is 0 Å². The molecule has 2 N–H and O–H groups in total. The van der Waals surface area contributed by atoms with E-state index >= 15 is 0 Å². The van der Waals surface area contributed by atoms with Crippen LogP contribution in [0.4, 0.5) is 0 Å². The van der Waals surface area contributed by atoms with E-state index in [4.69, 9.17) is 4.74 Å². The van der Waals surface area contributed by atoms with Gasteiger partial charge in [0, 0.05) is 6.89 Å². The number of nitrogens with zero attached hydrogens (tertiary/aromatic N) is 1. The number of rotatable bonds is 12. The molecule has 0 bridgehead atoms. The lowest BCUT2D eigenvalue weighted by atomic mass is 10.1. The average Bonchev–Trinajstić information content (AvgIpc) is 3.17. The summed E-state index contributed by atoms with van der Waals surface area (Å²) in [6.07, 6.45) is 0.0145. The van der Waals surface area contributed by atoms with Gasteiger partial charge in [0.25, 0.3) is 5.91 Å². The first-order valence-electron chi connectivity index (χ1n) is 16.0. The van der Waals surface area contributed by atoms with Crippen molar-refractivity contribution in [3.8, 4) is 0 Å². The highest BCUT2D eigenvalue weighted by atomic mass is 32.2. The summed E-state index contributed by atoms with van der Waals surface area (Å²) in [5.74, 6) is -1.71. The molecule has 0 spiro atoms. The third-order valence-electron chi connectivity index (χ3n) is 8.32. The van der Waals surface area contributed by atoms with Gasteiger partial charge in [0.15, 0.2) is 0 Å². The van der Waals surface area contributed by atoms with Crippen LogP contribution in [-0.2, 0) is 36.9 Å². The second-order valence-corrected chi connectivity index (χ2v) is 16.0. The van der Waals surface area contributed by atoms with Crippen molar-refractivity contribution in [2.45, 2.75) is 24.4 Å². The van der Waals surface area contributed by atoms with E-state index in [1.54, 1.807) is 0 Å². The highest BCUT2D eigenvalue weighted by molar-refractivity contribution is 8.14. The summed E-state index contributed by atoms with van der Waals surface area (Å²) in [6.45, 7) is -4.11. The predicted molar refractivity (Wildman–Crippen MR) is 199 cm³/mol. The first-order chi connectivity index (χ1) is 24.4. The lowest BCUT2D eigenvalue weighted by Crippen LogP contribution is -2.72. The highest BCUT2D eigenvalue weighted by Gasteiger charge is 2.55. The fourth-order valence-electron chi connectivity index (χ4n) is 6.07. The van der Waals surface area contributed by atoms with Crippen LogP contribution in [0.3, 0.4) is 0 Å². The number of benzene rings is 5. The predicted octanol–water partition coefficient (Wildman–Crippen LogP) is 4.00. The Balaban J connectivity index is 1.58. The van der Waals surface area contributed by atoms with Gasteiger partial charge < -0.3 is 15.2 Å². The third kappa shape index (κ3) is 7.21. The Hall–Kier alpha value is -5.21. The Bertz CT molecular complexity index is 1910. The molecule has 10 heteroatoms. The lowest BCUT2D eigenvalue weighted by Gasteiger charge is -2.49. The largest absolute Gasteiger partial charge is 0.456 e. The molecule has 50 heavy (non-hydrogen) atoms. The van der Waals surface area contributed by atoms with Crippen molar-refractivity contribution in [1.82, 2.24) is 10.2 Å². The molecule has 8 nitrogen and oxygen atoms in total. The standard InChI is InChI=1S/C40H35N2O6PS/c43-27-35(45)50-39-36(41-34(44)26-29-16-6-1-7-17-29)37(46)42(39)38(40(47)48-28-30-18-8-2-9-19-30)49(31-20-10-3-11-21-31,32-22-12-4-13-23-32)33-24-14-5-15-25-33/h1-25,36,39,43H,26-28H2,(H,41,44)/t36-,39-/m1/s1. The number of thioether (sulfide) groups is 1. The number of aliphatic hydroxyl groups excluding tert-OH is 1. The van der Waals surface area contributed by atoms with Crippen molar-refractivity contribution >= 4 is 62.9 Å². The number of carbonyl (C=O) groups is 4. The van der Waals surface area contributed by atoms with Crippen LogP contribution in [0.1, 0.15) is 11.1 Å². The van der Waals surface area contributed by atoms with E-state index < -0.39 is 47.8 Å². The fraction of sp³-hybridized carbons (Fsp3) is 0.125. The highest BCUT2D eigenvalue weighted by Crippen LogP contribution is 2.49. The molecular weight excluding hydrogens is 667 g/mol. The van der Waals surface area contributed by atoms with Crippen LogP contribution in [0.15, 0.2) is 152 Å². The van der Waals surface area contributed by atoms with E-state index in [1.807, 2.05) is 152 Å². The summed E-state index contributed by atoms with van der Waals surface area (Å²) in [6, 6.07) is 45.7. The Morgan fingerprint density at radius 3 is 1.58 bits per heavy atom. The van der Waals surface area contributed by atoms with Crippen LogP contribution in [0.5, 0.6) is 0 Å². The Labute approximate surface area is 295 Å². The Kier molecular flexibility index (Phi) is 11.1. The van der Waals surface area contributed by atoms with Gasteiger partial charge in [0.1, 0.15) is 30.0 Å². The summed E-state index contributed by atoms with van der Waals surface area (Å²) in [5.41, 5.74) is 1.58. The number of hydrogen-bond acceptors (Lipinski definition) is 7. The molecule has 0 aromatic heterocycles. The van der Waals surface area contributed by atoms with Crippen molar-refractivity contribution in [1.29, 1.82) is 0 Å². The summed E-state index contributed by atoms with van der Waals surface area (Å²) in [7, 11) is 0. The third-order valence-corrected chi connectivity index (χ3v) is 13.7. The Morgan fingerprint density at radius 2 is 1.12 bits per heavy atom. The van der Waals surface area contributed by atoms with Gasteiger partial charge >= 0.3 is 5.97 Å². The summed E-state index contributed by atoms with van der Waals surface area (Å²) >= 11 is 0.707. The molecule has 0 radical (unpaired) electrons. The molecule has 252 valence electrons. The van der Waals surface area contributed by atoms with Crippen LogP contribution in [0.2, 0.25) is 0 Å². The van der Waals surface area contributed by atoms with Gasteiger partial charge in [-0.1, -0.05) is 163 Å². The van der Waals surface area contributed by atoms with Gasteiger partial charge in [0.2, 0.25) is 11.0 Å². The number of ether oxygens (including phenoxy) is 1. The number of nitrogens with one attached hydrogen (secondary N) is 1. The minimum atomic E-state index is -3.26. The number of β-lactam (4-membered cyclic amide) rings is 1. The van der Waals surface area contributed by atoms with E-state index in [0.717, 1.165) is 27.0 Å². The van der Waals surface area contributed by atoms with Crippen LogP contribution < -0.4 is 21.2 Å². The topological polar surface area (TPSA) is 113 Å². The maximum absolute atomic E-state index is 14.9. The Morgan fingerprint density at radius 1 is 0.680 bits per heavy atom. The first-order valence-corrected chi connectivity index (χ1v) is 18.7. The molecule has 0 unspecified atom stereocenters. The van der Waals surface area contributed by atoms with Crippen molar-refractivity contribution in [2.24, 2.45) is 0 Å². The SMILES string of the molecule is O=C(Cc1ccccc1)N[C@@H]1C(=O)N(C(C(=O)OCc2ccccc2)=P(c2ccccc2)(c2ccccc2)c2ccccc2)[C@@H]1SC(=O)CO. The molecule has 5 aromatic rings. The molecular formula is C40H35N2O6PS. The van der Waals surface area contributed by atoms with Crippen molar-refractivity contribution < 1.29 is 29.0 Å². The fourth-order valence-corrected chi connectivity index (χ4v) is 11.5. The second kappa shape index (κ2) is 16.0. The zero-order valence-corrected chi connectivity index (χ0v) is 28.7. The molecule has 2 atom stereocenters. The number of likely N-dealkylation sites (tertiary alicyclic amines) is 1. The number of esters is 1. The number of carbonyl (C=O) groups excluding carboxylic acids is 4. The van der Waals surface area contributed by atoms with Gasteiger partial charge in [0.05, 0.1) is 6.42 Å². The van der Waals surface area contributed by atoms with Gasteiger partial charge in [-0.25, -0.2) is 4.79 Å². The molecule has 1 saturated heterocycles. The minimum absolute atomic E-state index is 0.0145. The van der Waals surface area contributed by atoms with Crippen molar-refractivity contribution in [3.63, 3.8) is 0 Å². The minimum Gasteiger partial charge on any atom is -0.456 e. The van der Waals surface area contributed by atoms with Crippen LogP contribution in [-0.4, -0.2) is 56.3 Å². The van der Waals surface area contributed by atoms with Gasteiger partial charge in [-0.15, -0.1) is 0 Å². The average molecular weight is 703 g/mol. The lowest BCUT2D eigenvalue weighted by molar-refractivity contribution is -0.146. The molecule has 1 fully saturated rings. The summed E-state index contributed by atoms with van der Waals surface area (Å²) < 4.78 is 6.07. The van der Waals surface area contributed by atoms with Gasteiger partial charge in [-0.2, -0.15) is 0 Å². The van der Waals surface area contributed by atoms with E-state index in [2.05, 4.69) is 5.32 Å². The first kappa shape index (κ1) is 34.6. The zero-order chi connectivity index (χ0) is 34.9. The molecule has 0 aliphatic carbocycles. The van der Waals surface area contributed by atoms with E-state index in [9.17, 15) is 24.3 Å². The maximum atomic E-state index is 14.9. The van der Waals surface area contributed by atoms with E-state index in [1.165, 1.54) is 4.90 Å². The van der Waals surface area contributed by atoms with Gasteiger partial charge in [-0.3, -0.25) is 19.3 Å². The second-order valence-electron chi connectivity index (χ2n) is 11.5. The van der Waals surface area contributed by atoms with Crippen molar-refractivity contribution in [3.05, 3.63) is 163 Å².